The van der Waals surface area contributed by atoms with Gasteiger partial charge in [-0.2, -0.15) is 10.2 Å². The van der Waals surface area contributed by atoms with Gasteiger partial charge in [0.1, 0.15) is 11.8 Å². The Bertz CT molecular complexity index is 1170. The van der Waals surface area contributed by atoms with Crippen molar-refractivity contribution in [1.29, 1.82) is 0 Å². The number of ether oxygens (including phenoxy) is 1. The molecular weight excluding hydrogens is 594 g/mol. The molecule has 0 aromatic heterocycles. The molecule has 1 amide bonds. The molecular formula is C38H57N3O6. The Kier molecular flexibility index (Phi) is 21.3. The molecule has 2 aromatic carbocycles. The van der Waals surface area contributed by atoms with Crippen LogP contribution in [0.25, 0.3) is 0 Å². The molecule has 47 heavy (non-hydrogen) atoms. The Morgan fingerprint density at radius 2 is 1.17 bits per heavy atom. The highest BCUT2D eigenvalue weighted by Crippen LogP contribution is 2.22. The van der Waals surface area contributed by atoms with Gasteiger partial charge in [0.05, 0.1) is 18.0 Å². The van der Waals surface area contributed by atoms with Crippen LogP contribution >= 0.6 is 0 Å². The maximum atomic E-state index is 12.0. The highest BCUT2D eigenvalue weighted by atomic mass is 16.5. The molecule has 2 rings (SSSR count). The number of rotatable bonds is 28. The van der Waals surface area contributed by atoms with Crippen LogP contribution < -0.4 is 10.1 Å². The second-order valence-electron chi connectivity index (χ2n) is 12.4. The first-order chi connectivity index (χ1) is 22.9. The van der Waals surface area contributed by atoms with Gasteiger partial charge in [0.2, 0.25) is 5.91 Å². The largest absolute Gasteiger partial charge is 0.494 e. The molecule has 0 heterocycles. The lowest BCUT2D eigenvalue weighted by Crippen LogP contribution is -2.41. The topological polar surface area (TPSA) is 138 Å². The zero-order valence-corrected chi connectivity index (χ0v) is 28.5. The number of azo groups is 1. The summed E-state index contributed by atoms with van der Waals surface area (Å²) in [5, 5.41) is 29.0. The SMILES string of the molecule is CCCCCCCCCCc1ccc(N=Nc2ccc(OCCCCCCCCCCC(=O)N[C@H](CCC(=O)O)C(=O)O)cc2)cc1. The van der Waals surface area contributed by atoms with E-state index in [1.54, 1.807) is 0 Å². The van der Waals surface area contributed by atoms with Crippen LogP contribution in [0, 0.1) is 0 Å². The van der Waals surface area contributed by atoms with Gasteiger partial charge in [0.25, 0.3) is 0 Å². The van der Waals surface area contributed by atoms with Gasteiger partial charge in [-0.05, 0) is 74.1 Å². The van der Waals surface area contributed by atoms with E-state index in [9.17, 15) is 14.4 Å². The Morgan fingerprint density at radius 3 is 1.72 bits per heavy atom. The van der Waals surface area contributed by atoms with Crippen LogP contribution in [0.15, 0.2) is 58.8 Å². The second kappa shape index (κ2) is 25.4. The minimum atomic E-state index is -1.21. The summed E-state index contributed by atoms with van der Waals surface area (Å²) >= 11 is 0. The molecule has 0 fully saturated rings. The van der Waals surface area contributed by atoms with E-state index in [1.807, 2.05) is 36.4 Å². The van der Waals surface area contributed by atoms with Crippen LogP contribution in [0.1, 0.15) is 134 Å². The number of carbonyl (C=O) groups excluding carboxylic acids is 1. The number of carboxylic acids is 2. The number of aliphatic carboxylic acids is 2. The normalized spacial score (nSPS) is 11.9. The van der Waals surface area contributed by atoms with Crippen LogP contribution in [0.4, 0.5) is 11.4 Å². The quantitative estimate of drug-likeness (QED) is 0.0618. The molecule has 0 aliphatic rings. The van der Waals surface area contributed by atoms with E-state index in [4.69, 9.17) is 14.9 Å². The fraction of sp³-hybridized carbons (Fsp3) is 0.605. The average Bonchev–Trinajstić information content (AvgIpc) is 3.06. The molecule has 0 radical (unpaired) electrons. The standard InChI is InChI=1S/C38H57N3O6/c1-2-3-4-5-6-9-12-15-18-31-20-22-32(23-21-31)40-41-33-24-26-34(27-25-33)47-30-17-14-11-8-7-10-13-16-19-36(42)39-35(38(45)46)28-29-37(43)44/h20-27,35H,2-19,28-30H2,1H3,(H,39,42)(H,43,44)(H,45,46)/t35-/m1/s1. The fourth-order valence-corrected chi connectivity index (χ4v) is 5.35. The van der Waals surface area contributed by atoms with Crippen molar-refractivity contribution in [2.75, 3.05) is 6.61 Å². The summed E-state index contributed by atoms with van der Waals surface area (Å²) in [4.78, 5) is 33.8. The fourth-order valence-electron chi connectivity index (χ4n) is 5.35. The van der Waals surface area contributed by atoms with Crippen molar-refractivity contribution in [2.24, 2.45) is 10.2 Å². The second-order valence-corrected chi connectivity index (χ2v) is 12.4. The number of carboxylic acid groups (broad SMARTS) is 2. The first-order valence-electron chi connectivity index (χ1n) is 17.8. The molecule has 0 saturated heterocycles. The van der Waals surface area contributed by atoms with Gasteiger partial charge in [-0.25, -0.2) is 4.79 Å². The third-order valence-electron chi connectivity index (χ3n) is 8.22. The first-order valence-corrected chi connectivity index (χ1v) is 17.8. The first kappa shape index (κ1) is 39.4. The zero-order valence-electron chi connectivity index (χ0n) is 28.5. The summed E-state index contributed by atoms with van der Waals surface area (Å²) in [6.45, 7) is 2.93. The minimum absolute atomic E-state index is 0.115. The maximum absolute atomic E-state index is 12.0. The molecule has 0 spiro atoms. The van der Waals surface area contributed by atoms with Gasteiger partial charge in [0.15, 0.2) is 0 Å². The molecule has 9 nitrogen and oxygen atoms in total. The van der Waals surface area contributed by atoms with Gasteiger partial charge < -0.3 is 20.3 Å². The van der Waals surface area contributed by atoms with Crippen LogP contribution in [0.5, 0.6) is 5.75 Å². The molecule has 0 aliphatic carbocycles. The third-order valence-corrected chi connectivity index (χ3v) is 8.22. The number of hydrogen-bond acceptors (Lipinski definition) is 6. The number of aryl methyl sites for hydroxylation is 1. The predicted molar refractivity (Wildman–Crippen MR) is 187 cm³/mol. The van der Waals surface area contributed by atoms with Crippen LogP contribution in [0.3, 0.4) is 0 Å². The number of nitrogens with one attached hydrogen (secondary N) is 1. The Morgan fingerprint density at radius 1 is 0.660 bits per heavy atom. The van der Waals surface area contributed by atoms with E-state index in [0.717, 1.165) is 68.5 Å². The average molecular weight is 652 g/mol. The molecule has 3 N–H and O–H groups in total. The van der Waals surface area contributed by atoms with Crippen molar-refractivity contribution in [3.05, 3.63) is 54.1 Å². The predicted octanol–water partition coefficient (Wildman–Crippen LogP) is 10.1. The number of amides is 1. The van der Waals surface area contributed by atoms with Gasteiger partial charge in [-0.1, -0.05) is 103 Å². The Labute approximate surface area is 281 Å². The van der Waals surface area contributed by atoms with E-state index in [1.165, 1.54) is 56.9 Å². The van der Waals surface area contributed by atoms with E-state index >= 15 is 0 Å². The highest BCUT2D eigenvalue weighted by Gasteiger charge is 2.20. The van der Waals surface area contributed by atoms with E-state index < -0.39 is 18.0 Å². The monoisotopic (exact) mass is 651 g/mol. The van der Waals surface area contributed by atoms with Crippen molar-refractivity contribution >= 4 is 29.2 Å². The van der Waals surface area contributed by atoms with Gasteiger partial charge in [-0.15, -0.1) is 0 Å². The van der Waals surface area contributed by atoms with Crippen LogP contribution in [-0.2, 0) is 20.8 Å². The number of benzene rings is 2. The molecule has 0 unspecified atom stereocenters. The molecule has 9 heteroatoms. The number of nitrogens with zero attached hydrogens (tertiary/aromatic N) is 2. The maximum Gasteiger partial charge on any atom is 0.326 e. The van der Waals surface area contributed by atoms with Gasteiger partial charge in [0, 0.05) is 12.8 Å². The van der Waals surface area contributed by atoms with Gasteiger partial charge in [-0.3, -0.25) is 9.59 Å². The molecule has 0 aliphatic heterocycles. The van der Waals surface area contributed by atoms with Crippen molar-refractivity contribution in [3.8, 4) is 5.75 Å². The molecule has 0 bridgehead atoms. The highest BCUT2D eigenvalue weighted by molar-refractivity contribution is 5.83. The van der Waals surface area contributed by atoms with Crippen LogP contribution in [-0.4, -0.2) is 40.7 Å². The number of hydrogen-bond donors (Lipinski definition) is 3. The number of carbonyl (C=O) groups is 3. The molecule has 1 atom stereocenters. The summed E-state index contributed by atoms with van der Waals surface area (Å²) < 4.78 is 5.88. The number of unbranched alkanes of at least 4 members (excludes halogenated alkanes) is 14. The van der Waals surface area contributed by atoms with E-state index in [2.05, 4.69) is 34.6 Å². The van der Waals surface area contributed by atoms with Crippen molar-refractivity contribution in [1.82, 2.24) is 5.32 Å². The lowest BCUT2D eigenvalue weighted by molar-refractivity contribution is -0.143. The summed E-state index contributed by atoms with van der Waals surface area (Å²) in [5.41, 5.74) is 3.01. The summed E-state index contributed by atoms with van der Waals surface area (Å²) in [5.74, 6) is -1.80. The summed E-state index contributed by atoms with van der Waals surface area (Å²) in [7, 11) is 0. The zero-order chi connectivity index (χ0) is 34.0. The minimum Gasteiger partial charge on any atom is -0.494 e. The Balaban J connectivity index is 1.48. The molecule has 0 saturated carbocycles. The van der Waals surface area contributed by atoms with E-state index in [-0.39, 0.29) is 25.2 Å². The lowest BCUT2D eigenvalue weighted by Gasteiger charge is -2.13. The molecule has 2 aromatic rings. The van der Waals surface area contributed by atoms with Crippen LogP contribution in [0.2, 0.25) is 0 Å². The Hall–Kier alpha value is -3.75. The van der Waals surface area contributed by atoms with Gasteiger partial charge >= 0.3 is 11.9 Å². The lowest BCUT2D eigenvalue weighted by atomic mass is 10.0. The smallest absolute Gasteiger partial charge is 0.326 e. The third kappa shape index (κ3) is 20.2. The van der Waals surface area contributed by atoms with Crippen molar-refractivity contribution in [3.63, 3.8) is 0 Å². The summed E-state index contributed by atoms with van der Waals surface area (Å²) in [6, 6.07) is 14.9. The summed E-state index contributed by atoms with van der Waals surface area (Å²) in [6.07, 6.45) is 19.7. The van der Waals surface area contributed by atoms with Crippen molar-refractivity contribution in [2.45, 2.75) is 141 Å². The van der Waals surface area contributed by atoms with Crippen molar-refractivity contribution < 1.29 is 29.3 Å². The van der Waals surface area contributed by atoms with E-state index in [0.29, 0.717) is 13.0 Å². The molecule has 260 valence electrons.